The maximum atomic E-state index is 13.6. The summed E-state index contributed by atoms with van der Waals surface area (Å²) in [5.41, 5.74) is 2.11. The molecule has 0 unspecified atom stereocenters. The largest absolute Gasteiger partial charge is 0.491 e. The Morgan fingerprint density at radius 2 is 1.63 bits per heavy atom. The monoisotopic (exact) mass is 471 g/mol. The van der Waals surface area contributed by atoms with Gasteiger partial charge in [0.05, 0.1) is 11.6 Å². The van der Waals surface area contributed by atoms with Crippen molar-refractivity contribution in [2.45, 2.75) is 38.1 Å². The van der Waals surface area contributed by atoms with Gasteiger partial charge in [-0.1, -0.05) is 61.4 Å². The van der Waals surface area contributed by atoms with Gasteiger partial charge in [0.15, 0.2) is 0 Å². The van der Waals surface area contributed by atoms with Crippen LogP contribution in [-0.2, 0) is 6.42 Å². The first-order valence-corrected chi connectivity index (χ1v) is 12.4. The molecule has 3 aromatic rings. The number of amides is 2. The van der Waals surface area contributed by atoms with Crippen LogP contribution in [0, 0.1) is 0 Å². The third kappa shape index (κ3) is 6.47. The van der Waals surface area contributed by atoms with E-state index in [0.717, 1.165) is 31.2 Å². The van der Waals surface area contributed by atoms with Crippen molar-refractivity contribution in [3.05, 3.63) is 95.8 Å². The third-order valence-electron chi connectivity index (χ3n) is 6.44. The first-order valence-electron chi connectivity index (χ1n) is 12.4. The summed E-state index contributed by atoms with van der Waals surface area (Å²) in [5, 5.41) is 0. The summed E-state index contributed by atoms with van der Waals surface area (Å²) in [7, 11) is 1.84. The van der Waals surface area contributed by atoms with Crippen molar-refractivity contribution in [3.63, 3.8) is 0 Å². The van der Waals surface area contributed by atoms with Crippen molar-refractivity contribution in [3.8, 4) is 5.75 Å². The maximum Gasteiger partial charge on any atom is 0.272 e. The predicted molar refractivity (Wildman–Crippen MR) is 137 cm³/mol. The van der Waals surface area contributed by atoms with Crippen molar-refractivity contribution in [1.29, 1.82) is 0 Å². The average molecular weight is 472 g/mol. The number of fused-ring (bicyclic) bond motifs is 1. The molecular weight excluding hydrogens is 438 g/mol. The van der Waals surface area contributed by atoms with Crippen LogP contribution in [0.15, 0.2) is 79.0 Å². The Labute approximate surface area is 207 Å². The number of para-hydroxylation sites is 1. The van der Waals surface area contributed by atoms with Crippen molar-refractivity contribution in [1.82, 2.24) is 14.8 Å². The fourth-order valence-corrected chi connectivity index (χ4v) is 4.48. The van der Waals surface area contributed by atoms with Gasteiger partial charge in [-0.3, -0.25) is 14.6 Å². The molecule has 6 nitrogen and oxygen atoms in total. The molecule has 0 N–H and O–H groups in total. The highest BCUT2D eigenvalue weighted by molar-refractivity contribution is 5.96. The van der Waals surface area contributed by atoms with Gasteiger partial charge in [0.25, 0.3) is 11.8 Å². The summed E-state index contributed by atoms with van der Waals surface area (Å²) in [4.78, 5) is 34.7. The lowest BCUT2D eigenvalue weighted by Gasteiger charge is -2.32. The van der Waals surface area contributed by atoms with Crippen LogP contribution in [0.1, 0.15) is 52.1 Å². The number of ether oxygens (including phenoxy) is 1. The quantitative estimate of drug-likeness (QED) is 0.547. The second-order valence-corrected chi connectivity index (χ2v) is 9.01. The fraction of sp³-hybridized carbons (Fsp3) is 0.345. The van der Waals surface area contributed by atoms with Crippen LogP contribution in [-0.4, -0.2) is 59.4 Å². The number of carbonyl (C=O) groups excluding carboxylic acids is 2. The predicted octanol–water partition coefficient (Wildman–Crippen LogP) is 4.86. The van der Waals surface area contributed by atoms with Gasteiger partial charge in [0.2, 0.25) is 0 Å². The SMILES string of the molecule is CN1CCCCCCN(C(=O)c2ccccn2)[C@@H](Cc2ccccc2)COc2ccccc2C1=O. The molecule has 35 heavy (non-hydrogen) atoms. The molecular formula is C29H33N3O3. The second-order valence-electron chi connectivity index (χ2n) is 9.01. The Morgan fingerprint density at radius 1 is 0.914 bits per heavy atom. The van der Waals surface area contributed by atoms with Crippen LogP contribution < -0.4 is 4.74 Å². The number of rotatable bonds is 3. The van der Waals surface area contributed by atoms with Gasteiger partial charge >= 0.3 is 0 Å². The van der Waals surface area contributed by atoms with Crippen LogP contribution in [0.4, 0.5) is 0 Å². The molecule has 0 saturated heterocycles. The van der Waals surface area contributed by atoms with E-state index in [1.165, 1.54) is 0 Å². The summed E-state index contributed by atoms with van der Waals surface area (Å²) in [5.74, 6) is 0.412. The van der Waals surface area contributed by atoms with Crippen molar-refractivity contribution in [2.24, 2.45) is 0 Å². The molecule has 0 spiro atoms. The first kappa shape index (κ1) is 24.5. The zero-order valence-electron chi connectivity index (χ0n) is 20.3. The summed E-state index contributed by atoms with van der Waals surface area (Å²) < 4.78 is 6.29. The second kappa shape index (κ2) is 12.2. The normalized spacial score (nSPS) is 17.7. The van der Waals surface area contributed by atoms with Gasteiger partial charge < -0.3 is 14.5 Å². The molecule has 0 fully saturated rings. The van der Waals surface area contributed by atoms with E-state index in [9.17, 15) is 9.59 Å². The van der Waals surface area contributed by atoms with E-state index in [0.29, 0.717) is 36.5 Å². The summed E-state index contributed by atoms with van der Waals surface area (Å²) in [6, 6.07) is 22.7. The molecule has 6 heteroatoms. The van der Waals surface area contributed by atoms with Crippen LogP contribution in [0.3, 0.4) is 0 Å². The minimum absolute atomic E-state index is 0.0429. The van der Waals surface area contributed by atoms with E-state index in [-0.39, 0.29) is 24.5 Å². The van der Waals surface area contributed by atoms with Crippen molar-refractivity contribution < 1.29 is 14.3 Å². The number of aromatic nitrogens is 1. The Balaban J connectivity index is 1.67. The van der Waals surface area contributed by atoms with Crippen LogP contribution >= 0.6 is 0 Å². The van der Waals surface area contributed by atoms with Crippen LogP contribution in [0.25, 0.3) is 0 Å². The first-order chi connectivity index (χ1) is 17.1. The van der Waals surface area contributed by atoms with E-state index in [1.54, 1.807) is 17.2 Å². The van der Waals surface area contributed by atoms with Gasteiger partial charge in [-0.15, -0.1) is 0 Å². The van der Waals surface area contributed by atoms with Crippen LogP contribution in [0.2, 0.25) is 0 Å². The minimum atomic E-state index is -0.212. The van der Waals surface area contributed by atoms with Gasteiger partial charge in [-0.25, -0.2) is 0 Å². The number of hydrogen-bond acceptors (Lipinski definition) is 4. The Hall–Kier alpha value is -3.67. The molecule has 1 atom stereocenters. The molecule has 1 aliphatic heterocycles. The molecule has 0 saturated carbocycles. The highest BCUT2D eigenvalue weighted by Crippen LogP contribution is 2.23. The van der Waals surface area contributed by atoms with Gasteiger partial charge in [-0.05, 0) is 49.1 Å². The molecule has 0 aliphatic carbocycles. The molecule has 182 valence electrons. The molecule has 2 heterocycles. The smallest absolute Gasteiger partial charge is 0.272 e. The standard InChI is InChI=1S/C29H33N3O3/c1-31-19-11-2-3-12-20-32(29(34)26-16-9-10-18-30-26)24(21-23-13-5-4-6-14-23)22-35-27-17-8-7-15-25(27)28(31)33/h4-10,13-18,24H,2-3,11-12,19-22H2,1H3/t24-/m0/s1. The van der Waals surface area contributed by atoms with E-state index in [1.807, 2.05) is 66.5 Å². The van der Waals surface area contributed by atoms with E-state index < -0.39 is 0 Å². The van der Waals surface area contributed by atoms with Crippen LogP contribution in [0.5, 0.6) is 5.75 Å². The lowest BCUT2D eigenvalue weighted by molar-refractivity contribution is 0.0594. The zero-order valence-corrected chi connectivity index (χ0v) is 20.3. The highest BCUT2D eigenvalue weighted by Gasteiger charge is 2.27. The zero-order chi connectivity index (χ0) is 24.5. The topological polar surface area (TPSA) is 62.7 Å². The molecule has 2 amide bonds. The lowest BCUT2D eigenvalue weighted by atomic mass is 10.0. The average Bonchev–Trinajstić information content (AvgIpc) is 2.91. The summed E-state index contributed by atoms with van der Waals surface area (Å²) in [6.45, 7) is 1.61. The summed E-state index contributed by atoms with van der Waals surface area (Å²) >= 11 is 0. The Bertz CT molecular complexity index is 1100. The van der Waals surface area contributed by atoms with Crippen molar-refractivity contribution >= 4 is 11.8 Å². The Morgan fingerprint density at radius 3 is 2.40 bits per heavy atom. The molecule has 4 rings (SSSR count). The van der Waals surface area contributed by atoms with Crippen molar-refractivity contribution in [2.75, 3.05) is 26.7 Å². The van der Waals surface area contributed by atoms with E-state index in [2.05, 4.69) is 17.1 Å². The van der Waals surface area contributed by atoms with E-state index >= 15 is 0 Å². The van der Waals surface area contributed by atoms with Gasteiger partial charge in [0.1, 0.15) is 18.1 Å². The number of nitrogens with zero attached hydrogens (tertiary/aromatic N) is 3. The number of pyridine rings is 1. The molecule has 0 bridgehead atoms. The Kier molecular flexibility index (Phi) is 8.49. The molecule has 2 aromatic carbocycles. The number of benzene rings is 2. The molecule has 1 aromatic heterocycles. The van der Waals surface area contributed by atoms with E-state index in [4.69, 9.17) is 4.74 Å². The van der Waals surface area contributed by atoms with Gasteiger partial charge in [0, 0.05) is 26.3 Å². The minimum Gasteiger partial charge on any atom is -0.491 e. The third-order valence-corrected chi connectivity index (χ3v) is 6.44. The lowest BCUT2D eigenvalue weighted by Crippen LogP contribution is -2.46. The summed E-state index contributed by atoms with van der Waals surface area (Å²) in [6.07, 6.45) is 6.10. The maximum absolute atomic E-state index is 13.6. The molecule has 1 aliphatic rings. The number of carbonyl (C=O) groups is 2. The highest BCUT2D eigenvalue weighted by atomic mass is 16.5. The molecule has 0 radical (unpaired) electrons. The van der Waals surface area contributed by atoms with Gasteiger partial charge in [-0.2, -0.15) is 0 Å². The number of hydrogen-bond donors (Lipinski definition) is 0. The fourth-order valence-electron chi connectivity index (χ4n) is 4.48.